The molecule has 1 aliphatic heterocycles. The summed E-state index contributed by atoms with van der Waals surface area (Å²) in [6, 6.07) is 11.3. The van der Waals surface area contributed by atoms with Crippen LogP contribution in [0.1, 0.15) is 5.56 Å². The zero-order valence-corrected chi connectivity index (χ0v) is 14.1. The van der Waals surface area contributed by atoms with E-state index in [1.807, 2.05) is 0 Å². The van der Waals surface area contributed by atoms with Crippen LogP contribution in [0.2, 0.25) is 0 Å². The van der Waals surface area contributed by atoms with Crippen molar-refractivity contribution in [3.05, 3.63) is 58.5 Å². The number of sulfonamides is 1. The number of amidine groups is 1. The van der Waals surface area contributed by atoms with Gasteiger partial charge >= 0.3 is 5.69 Å². The first-order valence-corrected chi connectivity index (χ1v) is 9.09. The minimum Gasteiger partial charge on any atom is -0.324 e. The highest BCUT2D eigenvalue weighted by molar-refractivity contribution is 7.90. The summed E-state index contributed by atoms with van der Waals surface area (Å²) in [7, 11) is -3.63. The molecule has 0 bridgehead atoms. The lowest BCUT2D eigenvalue weighted by molar-refractivity contribution is -0.114. The molecule has 0 aliphatic carbocycles. The number of imidazole rings is 1. The maximum Gasteiger partial charge on any atom is 0.323 e. The Morgan fingerprint density at radius 3 is 2.69 bits per heavy atom. The molecule has 9 nitrogen and oxygen atoms in total. The van der Waals surface area contributed by atoms with Crippen LogP contribution in [0.4, 0.5) is 5.69 Å². The third-order valence-corrected chi connectivity index (χ3v) is 5.24. The molecule has 1 aromatic heterocycles. The van der Waals surface area contributed by atoms with E-state index in [0.717, 1.165) is 0 Å². The lowest BCUT2D eigenvalue weighted by Gasteiger charge is -2.04. The van der Waals surface area contributed by atoms with Gasteiger partial charge in [-0.15, -0.1) is 0 Å². The Morgan fingerprint density at radius 2 is 1.85 bits per heavy atom. The minimum absolute atomic E-state index is 0.140. The highest BCUT2D eigenvalue weighted by Crippen LogP contribution is 2.22. The van der Waals surface area contributed by atoms with Crippen LogP contribution in [-0.2, 0) is 14.8 Å². The van der Waals surface area contributed by atoms with Crippen molar-refractivity contribution in [1.82, 2.24) is 14.7 Å². The number of nitrogens with one attached hydrogen (secondary N) is 4. The van der Waals surface area contributed by atoms with E-state index in [9.17, 15) is 18.0 Å². The Bertz CT molecular complexity index is 1220. The van der Waals surface area contributed by atoms with Crippen molar-refractivity contribution >= 4 is 38.5 Å². The number of aliphatic imine (C=N–C) groups is 1. The van der Waals surface area contributed by atoms with Crippen LogP contribution in [0.5, 0.6) is 0 Å². The minimum atomic E-state index is -3.63. The fourth-order valence-corrected chi connectivity index (χ4v) is 3.96. The molecule has 0 radical (unpaired) electrons. The predicted octanol–water partition coefficient (Wildman–Crippen LogP) is 0.533. The molecule has 132 valence electrons. The van der Waals surface area contributed by atoms with Crippen molar-refractivity contribution < 1.29 is 13.2 Å². The highest BCUT2D eigenvalue weighted by atomic mass is 32.2. The van der Waals surface area contributed by atoms with Crippen molar-refractivity contribution in [2.24, 2.45) is 4.99 Å². The monoisotopic (exact) mass is 371 g/mol. The predicted molar refractivity (Wildman–Crippen MR) is 95.7 cm³/mol. The van der Waals surface area contributed by atoms with Crippen LogP contribution < -0.4 is 15.7 Å². The number of fused-ring (bicyclic) bond motifs is 2. The van der Waals surface area contributed by atoms with Gasteiger partial charge in [0.15, 0.2) is 0 Å². The van der Waals surface area contributed by atoms with Crippen LogP contribution in [-0.4, -0.2) is 36.7 Å². The maximum absolute atomic E-state index is 12.1. The van der Waals surface area contributed by atoms with Crippen molar-refractivity contribution in [2.75, 3.05) is 11.9 Å². The molecule has 3 aromatic rings. The summed E-state index contributed by atoms with van der Waals surface area (Å²) < 4.78 is 26.3. The fraction of sp³-hybridized carbons (Fsp3) is 0.0625. The lowest BCUT2D eigenvalue weighted by atomic mass is 10.2. The average molecular weight is 371 g/mol. The summed E-state index contributed by atoms with van der Waals surface area (Å²) >= 11 is 0. The molecule has 10 heteroatoms. The molecule has 1 aliphatic rings. The summed E-state index contributed by atoms with van der Waals surface area (Å²) in [6.07, 6.45) is 0. The number of hydrogen-bond donors (Lipinski definition) is 4. The molecule has 0 unspecified atom stereocenters. The Balaban J connectivity index is 1.52. The van der Waals surface area contributed by atoms with Crippen LogP contribution in [0.25, 0.3) is 11.0 Å². The Kier molecular flexibility index (Phi) is 3.62. The van der Waals surface area contributed by atoms with Gasteiger partial charge in [0.05, 0.1) is 15.9 Å². The van der Waals surface area contributed by atoms with Crippen LogP contribution in [0.15, 0.2) is 57.1 Å². The first-order chi connectivity index (χ1) is 12.4. The third-order valence-electron chi connectivity index (χ3n) is 3.84. The van der Waals surface area contributed by atoms with Crippen LogP contribution >= 0.6 is 0 Å². The van der Waals surface area contributed by atoms with E-state index in [2.05, 4.69) is 25.0 Å². The fourth-order valence-electron chi connectivity index (χ4n) is 2.71. The summed E-state index contributed by atoms with van der Waals surface area (Å²) in [5, 5.41) is 2.65. The number of anilines is 1. The van der Waals surface area contributed by atoms with Crippen molar-refractivity contribution in [2.45, 2.75) is 4.90 Å². The molecule has 0 saturated heterocycles. The van der Waals surface area contributed by atoms with E-state index in [1.54, 1.807) is 36.4 Å². The molecule has 1 amide bonds. The summed E-state index contributed by atoms with van der Waals surface area (Å²) in [4.78, 5) is 32.8. The number of H-pyrrole nitrogens is 2. The van der Waals surface area contributed by atoms with Crippen molar-refractivity contribution in [3.63, 3.8) is 0 Å². The van der Waals surface area contributed by atoms with Gasteiger partial charge in [-0.1, -0.05) is 12.1 Å². The zero-order chi connectivity index (χ0) is 18.3. The number of nitrogens with zero attached hydrogens (tertiary/aromatic N) is 1. The van der Waals surface area contributed by atoms with E-state index in [0.29, 0.717) is 22.3 Å². The van der Waals surface area contributed by atoms with Gasteiger partial charge in [-0.25, -0.2) is 13.2 Å². The van der Waals surface area contributed by atoms with Gasteiger partial charge in [0, 0.05) is 11.3 Å². The van der Waals surface area contributed by atoms with Gasteiger partial charge in [0.2, 0.25) is 5.91 Å². The van der Waals surface area contributed by atoms with Crippen LogP contribution in [0.3, 0.4) is 0 Å². The van der Waals surface area contributed by atoms with E-state index in [-0.39, 0.29) is 23.0 Å². The molecule has 4 rings (SSSR count). The molecule has 0 saturated carbocycles. The first kappa shape index (κ1) is 16.1. The Labute approximate surface area is 147 Å². The Hall–Kier alpha value is -3.40. The second-order valence-corrected chi connectivity index (χ2v) is 7.30. The molecule has 4 N–H and O–H groups in total. The van der Waals surface area contributed by atoms with Gasteiger partial charge < -0.3 is 15.3 Å². The van der Waals surface area contributed by atoms with E-state index >= 15 is 0 Å². The van der Waals surface area contributed by atoms with Crippen LogP contribution in [0, 0.1) is 0 Å². The molecule has 2 aromatic carbocycles. The number of benzene rings is 2. The molecule has 0 atom stereocenters. The van der Waals surface area contributed by atoms with E-state index < -0.39 is 15.9 Å². The molecule has 0 fully saturated rings. The van der Waals surface area contributed by atoms with Gasteiger partial charge in [-0.3, -0.25) is 14.5 Å². The highest BCUT2D eigenvalue weighted by Gasteiger charge is 2.30. The normalized spacial score (nSPS) is 16.4. The summed E-state index contributed by atoms with van der Waals surface area (Å²) in [5.41, 5.74) is 1.79. The summed E-state index contributed by atoms with van der Waals surface area (Å²) in [5.74, 6) is -0.278. The number of aromatic amines is 2. The van der Waals surface area contributed by atoms with Gasteiger partial charge in [-0.2, -0.15) is 0 Å². The first-order valence-electron chi connectivity index (χ1n) is 7.61. The number of carbonyl (C=O) groups excluding carboxylic acids is 1. The van der Waals surface area contributed by atoms with Crippen molar-refractivity contribution in [1.29, 1.82) is 0 Å². The van der Waals surface area contributed by atoms with Gasteiger partial charge in [0.25, 0.3) is 10.0 Å². The molecule has 26 heavy (non-hydrogen) atoms. The van der Waals surface area contributed by atoms with E-state index in [4.69, 9.17) is 0 Å². The molecular formula is C16H13N5O4S. The SMILES string of the molecule is O=C(CN=C1NS(=O)(=O)c2ccccc21)Nc1ccc2[nH]c(=O)[nH]c2c1. The van der Waals surface area contributed by atoms with E-state index in [1.165, 1.54) is 6.07 Å². The number of aromatic nitrogens is 2. The maximum atomic E-state index is 12.1. The largest absolute Gasteiger partial charge is 0.324 e. The summed E-state index contributed by atoms with van der Waals surface area (Å²) in [6.45, 7) is -0.256. The van der Waals surface area contributed by atoms with Gasteiger partial charge in [-0.05, 0) is 30.3 Å². The lowest BCUT2D eigenvalue weighted by Crippen LogP contribution is -2.24. The second-order valence-electron chi connectivity index (χ2n) is 5.65. The Morgan fingerprint density at radius 1 is 1.08 bits per heavy atom. The number of amides is 1. The quantitative estimate of drug-likeness (QED) is 0.534. The third kappa shape index (κ3) is 2.86. The zero-order valence-electron chi connectivity index (χ0n) is 13.2. The average Bonchev–Trinajstić information content (AvgIpc) is 3.09. The number of rotatable bonds is 3. The topological polar surface area (TPSA) is 136 Å². The molecule has 0 spiro atoms. The number of hydrogen-bond acceptors (Lipinski definition) is 5. The standard InChI is InChI=1S/C16H13N5O4S/c22-14(18-9-5-6-11-12(7-9)20-16(23)19-11)8-17-15-10-3-1-2-4-13(10)26(24,25)21-15/h1-7H,8H2,(H,17,21)(H,18,22)(H2,19,20,23). The molecular weight excluding hydrogens is 358 g/mol. The van der Waals surface area contributed by atoms with Crippen molar-refractivity contribution in [3.8, 4) is 0 Å². The number of carbonyl (C=O) groups is 1. The van der Waals surface area contributed by atoms with Gasteiger partial charge in [0.1, 0.15) is 12.4 Å². The second kappa shape index (κ2) is 5.85. The smallest absolute Gasteiger partial charge is 0.323 e. The molecule has 2 heterocycles.